The minimum atomic E-state index is -0.623. The number of benzene rings is 2. The van der Waals surface area contributed by atoms with Gasteiger partial charge in [0.15, 0.2) is 5.78 Å². The van der Waals surface area contributed by atoms with Gasteiger partial charge in [-0.3, -0.25) is 9.59 Å². The number of amides is 2. The Kier molecular flexibility index (Phi) is 7.05. The van der Waals surface area contributed by atoms with Crippen LogP contribution in [0.3, 0.4) is 0 Å². The molecule has 1 heterocycles. The van der Waals surface area contributed by atoms with Crippen molar-refractivity contribution >= 4 is 46.1 Å². The van der Waals surface area contributed by atoms with Gasteiger partial charge in [0.05, 0.1) is 6.04 Å². The van der Waals surface area contributed by atoms with Crippen LogP contribution in [0, 0.1) is 0 Å². The van der Waals surface area contributed by atoms with Crippen LogP contribution >= 0.6 is 12.2 Å². The highest BCUT2D eigenvalue weighted by molar-refractivity contribution is 7.80. The zero-order chi connectivity index (χ0) is 22.6. The predicted molar refractivity (Wildman–Crippen MR) is 124 cm³/mol. The first-order chi connectivity index (χ1) is 14.7. The van der Waals surface area contributed by atoms with E-state index in [1.165, 1.54) is 0 Å². The van der Waals surface area contributed by atoms with Gasteiger partial charge in [-0.05, 0) is 44.0 Å². The number of carbonyl (C=O) groups is 3. The summed E-state index contributed by atoms with van der Waals surface area (Å²) in [6.07, 6.45) is 0.221. The molecule has 0 bridgehead atoms. The zero-order valence-electron chi connectivity index (χ0n) is 18.2. The van der Waals surface area contributed by atoms with Crippen LogP contribution in [0.15, 0.2) is 42.5 Å². The lowest BCUT2D eigenvalue weighted by atomic mass is 10.0. The second-order valence-electron chi connectivity index (χ2n) is 8.73. The maximum Gasteiger partial charge on any atom is 0.410 e. The summed E-state index contributed by atoms with van der Waals surface area (Å²) >= 11 is 4.72. The number of rotatable bonds is 5. The number of fused-ring (bicyclic) bond motifs is 1. The molecule has 1 atom stereocenters. The van der Waals surface area contributed by atoms with Gasteiger partial charge in [-0.15, -0.1) is 0 Å². The third kappa shape index (κ3) is 5.67. The van der Waals surface area contributed by atoms with Gasteiger partial charge < -0.3 is 14.5 Å². The van der Waals surface area contributed by atoms with Crippen molar-refractivity contribution in [1.29, 1.82) is 0 Å². The van der Waals surface area contributed by atoms with E-state index in [9.17, 15) is 14.4 Å². The van der Waals surface area contributed by atoms with Crippen LogP contribution in [-0.2, 0) is 9.53 Å². The molecule has 0 aromatic heterocycles. The second-order valence-corrected chi connectivity index (χ2v) is 8.96. The topological polar surface area (TPSA) is 66.9 Å². The minimum absolute atomic E-state index is 0.0770. The molecule has 164 valence electrons. The highest BCUT2D eigenvalue weighted by atomic mass is 32.1. The molecule has 31 heavy (non-hydrogen) atoms. The SMILES string of the molecule is CC(C)(C)OC(=O)N1CCN(C(=O)c2cccc3ccccc23)C[C@@H]1CCC(=O)C=S. The quantitative estimate of drug-likeness (QED) is 0.650. The molecule has 0 aliphatic carbocycles. The van der Waals surface area contributed by atoms with Crippen molar-refractivity contribution in [3.8, 4) is 0 Å². The normalized spacial score (nSPS) is 16.8. The minimum Gasteiger partial charge on any atom is -0.444 e. The summed E-state index contributed by atoms with van der Waals surface area (Å²) in [5, 5.41) is 3.03. The average Bonchev–Trinajstić information content (AvgIpc) is 2.75. The summed E-state index contributed by atoms with van der Waals surface area (Å²) in [6, 6.07) is 13.1. The number of hydrogen-bond acceptors (Lipinski definition) is 5. The monoisotopic (exact) mass is 440 g/mol. The Labute approximate surface area is 188 Å². The van der Waals surface area contributed by atoms with Crippen molar-refractivity contribution in [2.45, 2.75) is 45.3 Å². The maximum absolute atomic E-state index is 13.4. The molecule has 1 fully saturated rings. The van der Waals surface area contributed by atoms with Crippen LogP contribution in [0.1, 0.15) is 44.0 Å². The van der Waals surface area contributed by atoms with Gasteiger partial charge in [-0.25, -0.2) is 4.79 Å². The standard InChI is InChI=1S/C24H28N2O4S/c1-24(2,3)30-23(29)26-14-13-25(15-18(26)11-12-19(27)16-31)22(28)21-10-6-8-17-7-4-5-9-20(17)21/h4-10,16,18H,11-15H2,1-3H3/t18-/m0/s1. The number of ketones is 1. The first kappa shape index (κ1) is 22.9. The number of nitrogens with zero attached hydrogens (tertiary/aromatic N) is 2. The van der Waals surface area contributed by atoms with Gasteiger partial charge in [-0.2, -0.15) is 0 Å². The maximum atomic E-state index is 13.4. The van der Waals surface area contributed by atoms with E-state index < -0.39 is 11.7 Å². The van der Waals surface area contributed by atoms with Gasteiger partial charge in [0.2, 0.25) is 0 Å². The number of piperazine rings is 1. The van der Waals surface area contributed by atoms with Gasteiger partial charge in [0.1, 0.15) is 5.60 Å². The zero-order valence-corrected chi connectivity index (χ0v) is 19.0. The van der Waals surface area contributed by atoms with Gasteiger partial charge in [0.25, 0.3) is 5.91 Å². The van der Waals surface area contributed by atoms with E-state index in [-0.39, 0.29) is 24.2 Å². The predicted octanol–water partition coefficient (Wildman–Crippen LogP) is 4.25. The van der Waals surface area contributed by atoms with E-state index in [0.717, 1.165) is 16.1 Å². The molecule has 1 saturated heterocycles. The molecule has 3 rings (SSSR count). The van der Waals surface area contributed by atoms with Gasteiger partial charge >= 0.3 is 6.09 Å². The molecule has 2 aromatic carbocycles. The van der Waals surface area contributed by atoms with Crippen molar-refractivity contribution in [2.24, 2.45) is 0 Å². The summed E-state index contributed by atoms with van der Waals surface area (Å²) in [6.45, 7) is 6.54. The number of ether oxygens (including phenoxy) is 1. The molecule has 0 N–H and O–H groups in total. The lowest BCUT2D eigenvalue weighted by Crippen LogP contribution is -2.57. The van der Waals surface area contributed by atoms with Crippen LogP contribution in [0.5, 0.6) is 0 Å². The Morgan fingerprint density at radius 3 is 2.52 bits per heavy atom. The Morgan fingerprint density at radius 2 is 1.81 bits per heavy atom. The number of carbonyl (C=O) groups excluding carboxylic acids is 3. The summed E-state index contributed by atoms with van der Waals surface area (Å²) < 4.78 is 5.55. The fraction of sp³-hybridized carbons (Fsp3) is 0.417. The van der Waals surface area contributed by atoms with Crippen molar-refractivity contribution in [3.05, 3.63) is 48.0 Å². The molecule has 0 unspecified atom stereocenters. The van der Waals surface area contributed by atoms with Crippen molar-refractivity contribution in [1.82, 2.24) is 9.80 Å². The lowest BCUT2D eigenvalue weighted by Gasteiger charge is -2.41. The summed E-state index contributed by atoms with van der Waals surface area (Å²) in [5.74, 6) is -0.233. The highest BCUT2D eigenvalue weighted by Crippen LogP contribution is 2.24. The van der Waals surface area contributed by atoms with Gasteiger partial charge in [-0.1, -0.05) is 48.6 Å². The van der Waals surface area contributed by atoms with Crippen LogP contribution in [-0.4, -0.2) is 64.2 Å². The molecule has 0 saturated carbocycles. The molecule has 7 heteroatoms. The van der Waals surface area contributed by atoms with Crippen molar-refractivity contribution in [3.63, 3.8) is 0 Å². The number of Topliss-reactive ketones (excluding diaryl/α,β-unsaturated/α-hetero) is 1. The molecule has 2 aromatic rings. The van der Waals surface area contributed by atoms with Crippen LogP contribution in [0.2, 0.25) is 0 Å². The number of thiocarbonyl (C=S) groups is 1. The first-order valence-corrected chi connectivity index (χ1v) is 10.9. The molecular formula is C24H28N2O4S. The Morgan fingerprint density at radius 1 is 1.10 bits per heavy atom. The van der Waals surface area contributed by atoms with Crippen LogP contribution in [0.4, 0.5) is 4.79 Å². The molecular weight excluding hydrogens is 412 g/mol. The molecule has 0 radical (unpaired) electrons. The van der Waals surface area contributed by atoms with E-state index in [1.807, 2.05) is 63.2 Å². The molecule has 2 amide bonds. The molecule has 0 spiro atoms. The summed E-state index contributed by atoms with van der Waals surface area (Å²) in [5.41, 5.74) is 0.0134. The second kappa shape index (κ2) is 9.56. The lowest BCUT2D eigenvalue weighted by molar-refractivity contribution is -0.112. The molecule has 1 aliphatic rings. The van der Waals surface area contributed by atoms with Gasteiger partial charge in [0, 0.05) is 37.0 Å². The van der Waals surface area contributed by atoms with Crippen molar-refractivity contribution < 1.29 is 19.1 Å². The van der Waals surface area contributed by atoms with Crippen LogP contribution in [0.25, 0.3) is 10.8 Å². The fourth-order valence-electron chi connectivity index (χ4n) is 3.80. The van der Waals surface area contributed by atoms with E-state index in [1.54, 1.807) is 9.80 Å². The largest absolute Gasteiger partial charge is 0.444 e. The molecule has 1 aliphatic heterocycles. The van der Waals surface area contributed by atoms with Crippen LogP contribution < -0.4 is 0 Å². The van der Waals surface area contributed by atoms with E-state index in [2.05, 4.69) is 0 Å². The van der Waals surface area contributed by atoms with E-state index in [4.69, 9.17) is 17.0 Å². The van der Waals surface area contributed by atoms with Crippen molar-refractivity contribution in [2.75, 3.05) is 19.6 Å². The average molecular weight is 441 g/mol. The summed E-state index contributed by atoms with van der Waals surface area (Å²) in [4.78, 5) is 41.3. The van der Waals surface area contributed by atoms with E-state index in [0.29, 0.717) is 31.6 Å². The third-order valence-electron chi connectivity index (χ3n) is 5.27. The number of hydrogen-bond donors (Lipinski definition) is 0. The smallest absolute Gasteiger partial charge is 0.410 e. The van der Waals surface area contributed by atoms with E-state index >= 15 is 0 Å². The fourth-order valence-corrected chi connectivity index (χ4v) is 3.92. The Hall–Kier alpha value is -2.80. The Bertz CT molecular complexity index is 993. The molecule has 6 nitrogen and oxygen atoms in total. The highest BCUT2D eigenvalue weighted by Gasteiger charge is 2.35. The first-order valence-electron chi connectivity index (χ1n) is 10.4. The summed E-state index contributed by atoms with van der Waals surface area (Å²) in [7, 11) is 0. The Balaban J connectivity index is 1.82. The third-order valence-corrected chi connectivity index (χ3v) is 5.54.